The molecule has 0 aliphatic carbocycles. The first-order valence-electron chi connectivity index (χ1n) is 6.81. The molecule has 0 spiro atoms. The predicted molar refractivity (Wildman–Crippen MR) is 82.7 cm³/mol. The first-order valence-corrected chi connectivity index (χ1v) is 6.81. The molecule has 2 aromatic rings. The maximum Gasteiger partial charge on any atom is 0.120 e. The lowest BCUT2D eigenvalue weighted by Gasteiger charge is -2.21. The summed E-state index contributed by atoms with van der Waals surface area (Å²) in [7, 11) is 3.68. The average molecular weight is 271 g/mol. The van der Waals surface area contributed by atoms with Crippen LogP contribution in [0.5, 0.6) is 5.75 Å². The average Bonchev–Trinajstić information content (AvgIpc) is 2.53. The molecule has 3 nitrogen and oxygen atoms in total. The Kier molecular flexibility index (Phi) is 4.64. The molecule has 0 fully saturated rings. The smallest absolute Gasteiger partial charge is 0.120 e. The highest BCUT2D eigenvalue weighted by atomic mass is 16.5. The Hall–Kier alpha value is -2.00. The van der Waals surface area contributed by atoms with Crippen LogP contribution in [-0.2, 0) is 0 Å². The van der Waals surface area contributed by atoms with Gasteiger partial charge in [0.1, 0.15) is 5.75 Å². The van der Waals surface area contributed by atoms with Gasteiger partial charge < -0.3 is 14.7 Å². The highest BCUT2D eigenvalue weighted by molar-refractivity contribution is 5.64. The first kappa shape index (κ1) is 14.4. The van der Waals surface area contributed by atoms with E-state index in [0.717, 1.165) is 29.1 Å². The van der Waals surface area contributed by atoms with Crippen molar-refractivity contribution in [1.82, 2.24) is 0 Å². The molecule has 0 radical (unpaired) electrons. The summed E-state index contributed by atoms with van der Waals surface area (Å²) >= 11 is 0. The van der Waals surface area contributed by atoms with E-state index in [4.69, 9.17) is 4.74 Å². The lowest BCUT2D eigenvalue weighted by atomic mass is 10.1. The summed E-state index contributed by atoms with van der Waals surface area (Å²) in [5.74, 6) is 0.840. The number of nitrogens with zero attached hydrogens (tertiary/aromatic N) is 1. The molecule has 0 aliphatic heterocycles. The molecule has 0 unspecified atom stereocenters. The maximum absolute atomic E-state index is 9.81. The fraction of sp³-hybridized carbons (Fsp3) is 0.294. The minimum Gasteiger partial charge on any atom is -0.497 e. The Balaban J connectivity index is 2.22. The second-order valence-corrected chi connectivity index (χ2v) is 4.78. The number of methoxy groups -OCH3 is 1. The van der Waals surface area contributed by atoms with Gasteiger partial charge in [0, 0.05) is 24.5 Å². The van der Waals surface area contributed by atoms with E-state index in [1.807, 2.05) is 62.5 Å². The fourth-order valence-corrected chi connectivity index (χ4v) is 2.12. The molecule has 0 bridgehead atoms. The SMILES string of the molecule is CC[C@H](O)c1ccc(N(C)c2cccc(OC)c2)cc1. The van der Waals surface area contributed by atoms with Gasteiger partial charge >= 0.3 is 0 Å². The number of ether oxygens (including phenoxy) is 1. The molecular weight excluding hydrogens is 250 g/mol. The van der Waals surface area contributed by atoms with Gasteiger partial charge in [-0.25, -0.2) is 0 Å². The van der Waals surface area contributed by atoms with E-state index < -0.39 is 0 Å². The van der Waals surface area contributed by atoms with Crippen LogP contribution in [0.3, 0.4) is 0 Å². The van der Waals surface area contributed by atoms with E-state index in [0.29, 0.717) is 0 Å². The number of anilines is 2. The molecule has 0 heterocycles. The topological polar surface area (TPSA) is 32.7 Å². The molecule has 1 N–H and O–H groups in total. The van der Waals surface area contributed by atoms with Crippen molar-refractivity contribution in [2.75, 3.05) is 19.1 Å². The highest BCUT2D eigenvalue weighted by Gasteiger charge is 2.07. The second kappa shape index (κ2) is 6.44. The molecule has 0 aliphatic rings. The van der Waals surface area contributed by atoms with Gasteiger partial charge in [-0.1, -0.05) is 25.1 Å². The van der Waals surface area contributed by atoms with E-state index in [1.165, 1.54) is 0 Å². The molecule has 20 heavy (non-hydrogen) atoms. The number of aliphatic hydroxyl groups is 1. The summed E-state index contributed by atoms with van der Waals surface area (Å²) in [6.07, 6.45) is 0.344. The van der Waals surface area contributed by atoms with Crippen molar-refractivity contribution >= 4 is 11.4 Å². The molecular formula is C17H21NO2. The molecule has 106 valence electrons. The normalized spacial score (nSPS) is 12.0. The maximum atomic E-state index is 9.81. The lowest BCUT2D eigenvalue weighted by molar-refractivity contribution is 0.173. The van der Waals surface area contributed by atoms with Gasteiger partial charge in [0.05, 0.1) is 13.2 Å². The van der Waals surface area contributed by atoms with E-state index in [2.05, 4.69) is 4.90 Å². The predicted octanol–water partition coefficient (Wildman–Crippen LogP) is 3.91. The third-order valence-electron chi connectivity index (χ3n) is 3.49. The van der Waals surface area contributed by atoms with Crippen LogP contribution in [0.1, 0.15) is 25.0 Å². The lowest BCUT2D eigenvalue weighted by Crippen LogP contribution is -2.09. The van der Waals surface area contributed by atoms with Gasteiger partial charge in [-0.2, -0.15) is 0 Å². The van der Waals surface area contributed by atoms with Gasteiger partial charge in [0.25, 0.3) is 0 Å². The minimum atomic E-state index is -0.383. The van der Waals surface area contributed by atoms with Crippen LogP contribution in [0.4, 0.5) is 11.4 Å². The Labute approximate surface area is 120 Å². The van der Waals surface area contributed by atoms with Crippen LogP contribution in [-0.4, -0.2) is 19.3 Å². The Morgan fingerprint density at radius 3 is 2.40 bits per heavy atom. The minimum absolute atomic E-state index is 0.383. The second-order valence-electron chi connectivity index (χ2n) is 4.78. The summed E-state index contributed by atoms with van der Waals surface area (Å²) in [5, 5.41) is 9.81. The summed E-state index contributed by atoms with van der Waals surface area (Å²) in [5.41, 5.74) is 3.09. The van der Waals surface area contributed by atoms with Gasteiger partial charge in [0.2, 0.25) is 0 Å². The Morgan fingerprint density at radius 1 is 1.10 bits per heavy atom. The summed E-state index contributed by atoms with van der Waals surface area (Å²) in [6, 6.07) is 15.9. The van der Waals surface area contributed by atoms with E-state index in [9.17, 15) is 5.11 Å². The largest absolute Gasteiger partial charge is 0.497 e. The molecule has 3 heteroatoms. The Morgan fingerprint density at radius 2 is 1.80 bits per heavy atom. The standard InChI is InChI=1S/C17H21NO2/c1-4-17(19)13-8-10-14(11-9-13)18(2)15-6-5-7-16(12-15)20-3/h5-12,17,19H,4H2,1-3H3/t17-/m0/s1. The van der Waals surface area contributed by atoms with Crippen molar-refractivity contribution in [2.24, 2.45) is 0 Å². The zero-order chi connectivity index (χ0) is 14.5. The Bertz CT molecular complexity index is 551. The van der Waals surface area contributed by atoms with Crippen LogP contribution < -0.4 is 9.64 Å². The van der Waals surface area contributed by atoms with Gasteiger partial charge in [-0.05, 0) is 36.2 Å². The van der Waals surface area contributed by atoms with Gasteiger partial charge in [0.15, 0.2) is 0 Å². The zero-order valence-corrected chi connectivity index (χ0v) is 12.2. The zero-order valence-electron chi connectivity index (χ0n) is 12.2. The fourth-order valence-electron chi connectivity index (χ4n) is 2.12. The molecule has 1 atom stereocenters. The molecule has 2 rings (SSSR count). The van der Waals surface area contributed by atoms with Crippen molar-refractivity contribution < 1.29 is 9.84 Å². The quantitative estimate of drug-likeness (QED) is 0.895. The van der Waals surface area contributed by atoms with Crippen LogP contribution in [0.2, 0.25) is 0 Å². The third-order valence-corrected chi connectivity index (χ3v) is 3.49. The van der Waals surface area contributed by atoms with Crippen molar-refractivity contribution in [3.05, 3.63) is 54.1 Å². The number of hydrogen-bond donors (Lipinski definition) is 1. The van der Waals surface area contributed by atoms with E-state index >= 15 is 0 Å². The van der Waals surface area contributed by atoms with E-state index in [-0.39, 0.29) is 6.10 Å². The summed E-state index contributed by atoms with van der Waals surface area (Å²) < 4.78 is 5.25. The molecule has 0 aromatic heterocycles. The molecule has 0 saturated carbocycles. The van der Waals surface area contributed by atoms with Crippen LogP contribution in [0.15, 0.2) is 48.5 Å². The summed E-state index contributed by atoms with van der Waals surface area (Å²) in [4.78, 5) is 2.09. The number of hydrogen-bond acceptors (Lipinski definition) is 3. The van der Waals surface area contributed by atoms with Crippen LogP contribution in [0.25, 0.3) is 0 Å². The van der Waals surface area contributed by atoms with Crippen molar-refractivity contribution in [3.63, 3.8) is 0 Å². The summed E-state index contributed by atoms with van der Waals surface area (Å²) in [6.45, 7) is 1.97. The number of aliphatic hydroxyl groups excluding tert-OH is 1. The monoisotopic (exact) mass is 271 g/mol. The number of benzene rings is 2. The van der Waals surface area contributed by atoms with Gasteiger partial charge in [-0.3, -0.25) is 0 Å². The third kappa shape index (κ3) is 3.11. The van der Waals surface area contributed by atoms with Crippen molar-refractivity contribution in [2.45, 2.75) is 19.4 Å². The molecule has 2 aromatic carbocycles. The highest BCUT2D eigenvalue weighted by Crippen LogP contribution is 2.28. The first-order chi connectivity index (χ1) is 9.65. The van der Waals surface area contributed by atoms with Crippen LogP contribution in [0, 0.1) is 0 Å². The van der Waals surface area contributed by atoms with Gasteiger partial charge in [-0.15, -0.1) is 0 Å². The molecule has 0 saturated heterocycles. The van der Waals surface area contributed by atoms with Crippen molar-refractivity contribution in [3.8, 4) is 5.75 Å². The van der Waals surface area contributed by atoms with E-state index in [1.54, 1.807) is 7.11 Å². The number of rotatable bonds is 5. The van der Waals surface area contributed by atoms with Crippen molar-refractivity contribution in [1.29, 1.82) is 0 Å². The molecule has 0 amide bonds. The van der Waals surface area contributed by atoms with Crippen LogP contribution >= 0.6 is 0 Å².